The van der Waals surface area contributed by atoms with Gasteiger partial charge in [-0.05, 0) is 56.9 Å². The zero-order chi connectivity index (χ0) is 20.0. The Labute approximate surface area is 173 Å². The first-order chi connectivity index (χ1) is 13.3. The Morgan fingerprint density at radius 1 is 1.00 bits per heavy atom. The first-order valence-corrected chi connectivity index (χ1v) is 12.5. The zero-order valence-corrected chi connectivity index (χ0v) is 17.9. The molecule has 1 aliphatic carbocycles. The summed E-state index contributed by atoms with van der Waals surface area (Å²) in [5, 5.41) is 0. The number of benzene rings is 2. The van der Waals surface area contributed by atoms with Crippen molar-refractivity contribution in [1.29, 1.82) is 0 Å². The molecule has 4 nitrogen and oxygen atoms in total. The average molecular weight is 437 g/mol. The van der Waals surface area contributed by atoms with E-state index >= 15 is 0 Å². The number of ether oxygens (including phenoxy) is 1. The molecule has 1 fully saturated rings. The highest BCUT2D eigenvalue weighted by molar-refractivity contribution is 8.73. The van der Waals surface area contributed by atoms with E-state index in [2.05, 4.69) is 0 Å². The topological polar surface area (TPSA) is 60.4 Å². The van der Waals surface area contributed by atoms with E-state index in [1.807, 2.05) is 6.92 Å². The smallest absolute Gasteiger partial charge is 0.232 e. The molecule has 28 heavy (non-hydrogen) atoms. The van der Waals surface area contributed by atoms with Gasteiger partial charge in [0.05, 0.1) is 10.5 Å². The number of carbonyl (C=O) groups excluding carboxylic acids is 1. The molecule has 1 aliphatic heterocycles. The van der Waals surface area contributed by atoms with Crippen LogP contribution in [0.5, 0.6) is 5.75 Å². The lowest BCUT2D eigenvalue weighted by atomic mass is 9.77. The van der Waals surface area contributed by atoms with E-state index < -0.39 is 24.5 Å². The molecule has 0 saturated heterocycles. The number of alkyl halides is 1. The van der Waals surface area contributed by atoms with Crippen LogP contribution in [-0.2, 0) is 8.87 Å². The molecule has 0 aromatic heterocycles. The summed E-state index contributed by atoms with van der Waals surface area (Å²) in [5.74, 6) is 0.0950. The third kappa shape index (κ3) is 3.15. The van der Waals surface area contributed by atoms with E-state index in [1.54, 1.807) is 48.5 Å². The normalized spacial score (nSPS) is 23.9. The van der Waals surface area contributed by atoms with Crippen LogP contribution in [0.1, 0.15) is 48.0 Å². The summed E-state index contributed by atoms with van der Waals surface area (Å²) in [7, 11) is -3.34. The number of Topliss-reactive ketones (excluding diaryl/α,β-unsaturated/α-hetero) is 1. The van der Waals surface area contributed by atoms with E-state index in [4.69, 9.17) is 16.3 Å². The lowest BCUT2D eigenvalue weighted by Crippen LogP contribution is -2.61. The van der Waals surface area contributed by atoms with Gasteiger partial charge in [-0.1, -0.05) is 47.9 Å². The molecule has 1 spiro atoms. The third-order valence-corrected chi connectivity index (χ3v) is 10.4. The maximum atomic E-state index is 13.5. The molecule has 2 aliphatic rings. The Kier molecular flexibility index (Phi) is 5.01. The molecule has 148 valence electrons. The Balaban J connectivity index is 1.81. The summed E-state index contributed by atoms with van der Waals surface area (Å²) in [6, 6.07) is 13.5. The SMILES string of the molecule is Cc1ccc(S(=O)(=O)S[C@]2(Cl)C(=O)c3ccccc3OC23CCCCC3)cc1. The second-order valence-corrected chi connectivity index (χ2v) is 12.2. The Hall–Kier alpha value is -1.50. The summed E-state index contributed by atoms with van der Waals surface area (Å²) in [6.45, 7) is 1.89. The van der Waals surface area contributed by atoms with Gasteiger partial charge in [0.25, 0.3) is 0 Å². The van der Waals surface area contributed by atoms with Gasteiger partial charge in [-0.15, -0.1) is 0 Å². The lowest BCUT2D eigenvalue weighted by molar-refractivity contribution is 0.00883. The number of rotatable bonds is 3. The fourth-order valence-electron chi connectivity index (χ4n) is 3.96. The maximum Gasteiger partial charge on any atom is 0.232 e. The average Bonchev–Trinajstić information content (AvgIpc) is 2.67. The van der Waals surface area contributed by atoms with Crippen LogP contribution in [0, 0.1) is 6.92 Å². The Morgan fingerprint density at radius 2 is 1.64 bits per heavy atom. The van der Waals surface area contributed by atoms with E-state index in [0.717, 1.165) is 24.8 Å². The number of fused-ring (bicyclic) bond motifs is 1. The standard InChI is InChI=1S/C21H21ClO4S2/c1-15-9-11-16(12-10-15)28(24,25)27-21(22)19(23)17-7-3-4-8-18(17)26-20(21)13-5-2-6-14-20/h3-4,7-12H,2,5-6,13-14H2,1H3/t21-/m1/s1. The Morgan fingerprint density at radius 3 is 2.32 bits per heavy atom. The minimum absolute atomic E-state index is 0.140. The van der Waals surface area contributed by atoms with Crippen LogP contribution in [0.25, 0.3) is 0 Å². The molecular weight excluding hydrogens is 416 g/mol. The highest BCUT2D eigenvalue weighted by Gasteiger charge is 2.63. The van der Waals surface area contributed by atoms with Crippen molar-refractivity contribution in [2.24, 2.45) is 0 Å². The molecule has 0 N–H and O–H groups in total. The quantitative estimate of drug-likeness (QED) is 0.480. The number of aryl methyl sites for hydroxylation is 1. The van der Waals surface area contributed by atoms with Gasteiger partial charge in [-0.25, -0.2) is 8.42 Å². The molecule has 4 rings (SSSR count). The van der Waals surface area contributed by atoms with Crippen molar-refractivity contribution in [2.75, 3.05) is 0 Å². The van der Waals surface area contributed by atoms with Crippen molar-refractivity contribution in [2.45, 2.75) is 53.7 Å². The molecule has 0 bridgehead atoms. The molecule has 0 amide bonds. The van der Waals surface area contributed by atoms with Gasteiger partial charge < -0.3 is 4.74 Å². The highest BCUT2D eigenvalue weighted by Crippen LogP contribution is 2.57. The fourth-order valence-corrected chi connectivity index (χ4v) is 8.70. The van der Waals surface area contributed by atoms with Crippen LogP contribution in [0.3, 0.4) is 0 Å². The number of hydrogen-bond acceptors (Lipinski definition) is 5. The van der Waals surface area contributed by atoms with Crippen molar-refractivity contribution in [3.63, 3.8) is 0 Å². The predicted octanol–water partition coefficient (Wildman–Crippen LogP) is 5.33. The monoisotopic (exact) mass is 436 g/mol. The Bertz CT molecular complexity index is 1010. The predicted molar refractivity (Wildman–Crippen MR) is 112 cm³/mol. The minimum Gasteiger partial charge on any atom is -0.483 e. The van der Waals surface area contributed by atoms with E-state index in [0.29, 0.717) is 34.9 Å². The fraction of sp³-hybridized carbons (Fsp3) is 0.381. The van der Waals surface area contributed by atoms with Crippen molar-refractivity contribution < 1.29 is 17.9 Å². The van der Waals surface area contributed by atoms with Gasteiger partial charge >= 0.3 is 0 Å². The molecule has 2 aromatic carbocycles. The van der Waals surface area contributed by atoms with Gasteiger partial charge in [-0.2, -0.15) is 0 Å². The summed E-state index contributed by atoms with van der Waals surface area (Å²) >= 11 is 6.96. The zero-order valence-electron chi connectivity index (χ0n) is 15.5. The number of hydrogen-bond donors (Lipinski definition) is 0. The third-order valence-electron chi connectivity index (χ3n) is 5.51. The highest BCUT2D eigenvalue weighted by atomic mass is 35.5. The summed E-state index contributed by atoms with van der Waals surface area (Å²) < 4.78 is 30.9. The van der Waals surface area contributed by atoms with Crippen LogP contribution >= 0.6 is 22.4 Å². The van der Waals surface area contributed by atoms with Crippen molar-refractivity contribution in [1.82, 2.24) is 0 Å². The van der Waals surface area contributed by atoms with Gasteiger partial charge in [0.2, 0.25) is 18.9 Å². The van der Waals surface area contributed by atoms with Crippen molar-refractivity contribution in [3.8, 4) is 5.75 Å². The van der Waals surface area contributed by atoms with Crippen LogP contribution in [0.2, 0.25) is 0 Å². The molecule has 0 unspecified atom stereocenters. The van der Waals surface area contributed by atoms with Gasteiger partial charge in [0, 0.05) is 10.8 Å². The molecule has 0 radical (unpaired) electrons. The molecule has 1 atom stereocenters. The first kappa shape index (κ1) is 19.8. The number of carbonyl (C=O) groups is 1. The molecule has 1 heterocycles. The van der Waals surface area contributed by atoms with Crippen LogP contribution in [0.4, 0.5) is 0 Å². The lowest BCUT2D eigenvalue weighted by Gasteiger charge is -2.49. The maximum absolute atomic E-state index is 13.5. The van der Waals surface area contributed by atoms with Crippen LogP contribution in [-0.4, -0.2) is 24.0 Å². The minimum atomic E-state index is -3.86. The number of halogens is 1. The second kappa shape index (κ2) is 7.08. The number of ketones is 1. The summed E-state index contributed by atoms with van der Waals surface area (Å²) in [5.41, 5.74) is 0.250. The van der Waals surface area contributed by atoms with E-state index in [-0.39, 0.29) is 4.90 Å². The van der Waals surface area contributed by atoms with Crippen LogP contribution < -0.4 is 4.74 Å². The largest absolute Gasteiger partial charge is 0.483 e. The number of para-hydroxylation sites is 1. The molecule has 1 saturated carbocycles. The van der Waals surface area contributed by atoms with Gasteiger partial charge in [0.15, 0.2) is 0 Å². The van der Waals surface area contributed by atoms with Crippen molar-refractivity contribution in [3.05, 3.63) is 59.7 Å². The van der Waals surface area contributed by atoms with E-state index in [1.165, 1.54) is 0 Å². The van der Waals surface area contributed by atoms with E-state index in [9.17, 15) is 13.2 Å². The summed E-state index contributed by atoms with van der Waals surface area (Å²) in [6.07, 6.45) is 3.80. The summed E-state index contributed by atoms with van der Waals surface area (Å²) in [4.78, 5) is 13.6. The van der Waals surface area contributed by atoms with Gasteiger partial charge in [-0.3, -0.25) is 4.79 Å². The molecular formula is C21H21ClO4S2. The molecule has 7 heteroatoms. The second-order valence-electron chi connectivity index (χ2n) is 7.43. The first-order valence-electron chi connectivity index (χ1n) is 9.32. The van der Waals surface area contributed by atoms with Crippen LogP contribution in [0.15, 0.2) is 53.4 Å². The van der Waals surface area contributed by atoms with Gasteiger partial charge in [0.1, 0.15) is 11.4 Å². The van der Waals surface area contributed by atoms with Crippen molar-refractivity contribution >= 4 is 37.0 Å². The molecule has 2 aromatic rings.